The van der Waals surface area contributed by atoms with Gasteiger partial charge in [0.25, 0.3) is 0 Å². The number of pyridine rings is 1. The van der Waals surface area contributed by atoms with Crippen molar-refractivity contribution < 1.29 is 9.47 Å². The van der Waals surface area contributed by atoms with Crippen LogP contribution in [-0.2, 0) is 6.54 Å². The molecule has 0 fully saturated rings. The second-order valence-corrected chi connectivity index (χ2v) is 6.87. The van der Waals surface area contributed by atoms with Gasteiger partial charge in [-0.2, -0.15) is 5.26 Å². The van der Waals surface area contributed by atoms with Gasteiger partial charge >= 0.3 is 0 Å². The molecule has 3 aromatic rings. The highest BCUT2D eigenvalue weighted by Crippen LogP contribution is 2.24. The molecule has 2 aromatic heterocycles. The van der Waals surface area contributed by atoms with Crippen LogP contribution in [0.3, 0.4) is 0 Å². The van der Waals surface area contributed by atoms with Crippen LogP contribution in [0.15, 0.2) is 59.0 Å². The maximum absolute atomic E-state index is 9.16. The molecule has 4 rings (SSSR count). The lowest BCUT2D eigenvalue weighted by Crippen LogP contribution is -2.42. The zero-order valence-corrected chi connectivity index (χ0v) is 17.1. The Kier molecular flexibility index (Phi) is 6.01. The monoisotopic (exact) mass is 415 g/mol. The van der Waals surface area contributed by atoms with Crippen molar-refractivity contribution in [2.75, 3.05) is 7.11 Å². The summed E-state index contributed by atoms with van der Waals surface area (Å²) in [4.78, 5) is 20.7. The Morgan fingerprint density at radius 2 is 2.00 bits per heavy atom. The lowest BCUT2D eigenvalue weighted by Gasteiger charge is -2.23. The average Bonchev–Trinajstić information content (AvgIpc) is 3.23. The van der Waals surface area contributed by atoms with Crippen LogP contribution >= 0.6 is 0 Å². The van der Waals surface area contributed by atoms with E-state index in [1.807, 2.05) is 31.2 Å². The van der Waals surface area contributed by atoms with Crippen LogP contribution in [-0.4, -0.2) is 40.2 Å². The van der Waals surface area contributed by atoms with Crippen LogP contribution < -0.4 is 14.8 Å². The van der Waals surface area contributed by atoms with E-state index in [0.29, 0.717) is 29.3 Å². The molecule has 2 atom stereocenters. The summed E-state index contributed by atoms with van der Waals surface area (Å²) in [6, 6.07) is 10.7. The van der Waals surface area contributed by atoms with Crippen molar-refractivity contribution in [1.82, 2.24) is 20.3 Å². The molecule has 2 unspecified atom stereocenters. The third kappa shape index (κ3) is 4.76. The summed E-state index contributed by atoms with van der Waals surface area (Å²) in [5, 5.41) is 12.5. The van der Waals surface area contributed by atoms with Crippen LogP contribution in [0.2, 0.25) is 0 Å². The number of hydrogen-bond donors (Lipinski definition) is 2. The maximum atomic E-state index is 9.16. The van der Waals surface area contributed by atoms with Gasteiger partial charge in [0, 0.05) is 36.4 Å². The van der Waals surface area contributed by atoms with Crippen molar-refractivity contribution in [2.45, 2.75) is 25.7 Å². The van der Waals surface area contributed by atoms with Crippen molar-refractivity contribution >= 4 is 12.1 Å². The van der Waals surface area contributed by atoms with E-state index < -0.39 is 6.17 Å². The summed E-state index contributed by atoms with van der Waals surface area (Å²) in [5.41, 5.74) is 3.07. The predicted octanol–water partition coefficient (Wildman–Crippen LogP) is 2.71. The molecule has 0 saturated heterocycles. The van der Waals surface area contributed by atoms with E-state index in [0.717, 1.165) is 17.1 Å². The quantitative estimate of drug-likeness (QED) is 0.639. The van der Waals surface area contributed by atoms with Gasteiger partial charge in [0.1, 0.15) is 23.6 Å². The second-order valence-electron chi connectivity index (χ2n) is 6.87. The first-order chi connectivity index (χ1) is 15.2. The Bertz CT molecular complexity index is 1150. The van der Waals surface area contributed by atoms with Crippen molar-refractivity contribution in [3.8, 4) is 17.6 Å². The molecule has 9 nitrogen and oxygen atoms in total. The molecule has 0 aliphatic carbocycles. The Morgan fingerprint density at radius 1 is 1.19 bits per heavy atom. The van der Waals surface area contributed by atoms with Crippen molar-refractivity contribution in [3.63, 3.8) is 0 Å². The number of aryl methyl sites for hydroxylation is 1. The molecule has 2 N–H and O–H groups in total. The summed E-state index contributed by atoms with van der Waals surface area (Å²) >= 11 is 0. The maximum Gasteiger partial charge on any atom is 0.215 e. The first kappa shape index (κ1) is 20.3. The van der Waals surface area contributed by atoms with E-state index in [1.54, 1.807) is 31.9 Å². The van der Waals surface area contributed by atoms with Crippen molar-refractivity contribution in [3.05, 3.63) is 71.6 Å². The minimum Gasteiger partial charge on any atom is -0.497 e. The molecule has 3 heterocycles. The largest absolute Gasteiger partial charge is 0.497 e. The number of nitrogens with zero attached hydrogens (tertiary/aromatic N) is 5. The third-order valence-electron chi connectivity index (χ3n) is 4.78. The van der Waals surface area contributed by atoms with E-state index in [2.05, 4.69) is 31.3 Å². The lowest BCUT2D eigenvalue weighted by atomic mass is 10.1. The molecular weight excluding hydrogens is 394 g/mol. The number of methoxy groups -OCH3 is 1. The highest BCUT2D eigenvalue weighted by molar-refractivity contribution is 6.00. The number of rotatable bonds is 6. The van der Waals surface area contributed by atoms with Crippen LogP contribution in [0, 0.1) is 18.3 Å². The minimum atomic E-state index is -0.542. The first-order valence-electron chi connectivity index (χ1n) is 9.66. The average molecular weight is 415 g/mol. The molecule has 0 saturated carbocycles. The van der Waals surface area contributed by atoms with Gasteiger partial charge in [-0.25, -0.2) is 9.98 Å². The fourth-order valence-electron chi connectivity index (χ4n) is 3.05. The third-order valence-corrected chi connectivity index (χ3v) is 4.78. The van der Waals surface area contributed by atoms with Gasteiger partial charge in [-0.1, -0.05) is 0 Å². The highest BCUT2D eigenvalue weighted by atomic mass is 16.5. The Hall–Kier alpha value is -4.03. The molecule has 0 amide bonds. The lowest BCUT2D eigenvalue weighted by molar-refractivity contribution is 0.413. The molecule has 156 valence electrons. The van der Waals surface area contributed by atoms with E-state index >= 15 is 0 Å². The Morgan fingerprint density at radius 3 is 2.71 bits per heavy atom. The number of aromatic amines is 1. The Labute approximate surface area is 179 Å². The van der Waals surface area contributed by atoms with Gasteiger partial charge in [0.2, 0.25) is 5.90 Å². The van der Waals surface area contributed by atoms with Crippen LogP contribution in [0.4, 0.5) is 0 Å². The fraction of sp³-hybridized carbons (Fsp3) is 0.227. The number of nitriles is 1. The van der Waals surface area contributed by atoms with Gasteiger partial charge < -0.3 is 14.5 Å². The molecule has 1 aromatic carbocycles. The number of ether oxygens (including phenoxy) is 2. The van der Waals surface area contributed by atoms with Gasteiger partial charge in [-0.3, -0.25) is 15.3 Å². The molecule has 9 heteroatoms. The van der Waals surface area contributed by atoms with Gasteiger partial charge in [-0.15, -0.1) is 0 Å². The van der Waals surface area contributed by atoms with Crippen LogP contribution in [0.5, 0.6) is 11.5 Å². The molecule has 31 heavy (non-hydrogen) atoms. The number of imidazole rings is 1. The summed E-state index contributed by atoms with van der Waals surface area (Å²) < 4.78 is 11.3. The summed E-state index contributed by atoms with van der Waals surface area (Å²) in [6.07, 6.45) is 6.04. The standard InChI is InChI=1S/C22H21N7O2/c1-14-19(28-13-27-14)11-25-20-12-26-21(16-7-15(8-23)9-24-10-16)29-22(20)31-18-5-3-17(30-2)4-6-18/h3-7,9-10,12-13,20-21,25H,11H2,1-2H3,(H,27,28). The van der Waals surface area contributed by atoms with Crippen LogP contribution in [0.1, 0.15) is 28.7 Å². The van der Waals surface area contributed by atoms with Crippen LogP contribution in [0.25, 0.3) is 0 Å². The zero-order valence-electron chi connectivity index (χ0n) is 17.1. The minimum absolute atomic E-state index is 0.346. The second kappa shape index (κ2) is 9.19. The van der Waals surface area contributed by atoms with E-state index in [1.165, 1.54) is 6.20 Å². The summed E-state index contributed by atoms with van der Waals surface area (Å²) in [5.74, 6) is 1.82. The number of hydrogen-bond acceptors (Lipinski definition) is 8. The van der Waals surface area contributed by atoms with E-state index in [4.69, 9.17) is 19.7 Å². The van der Waals surface area contributed by atoms with E-state index in [9.17, 15) is 0 Å². The molecular formula is C22H21N7O2. The molecule has 0 bridgehead atoms. The molecule has 0 spiro atoms. The van der Waals surface area contributed by atoms with Gasteiger partial charge in [0.05, 0.1) is 24.7 Å². The number of aromatic nitrogens is 3. The molecule has 1 aliphatic heterocycles. The number of nitrogens with one attached hydrogen (secondary N) is 2. The predicted molar refractivity (Wildman–Crippen MR) is 115 cm³/mol. The summed E-state index contributed by atoms with van der Waals surface area (Å²) in [7, 11) is 1.61. The topological polar surface area (TPSA) is 121 Å². The summed E-state index contributed by atoms with van der Waals surface area (Å²) in [6.45, 7) is 2.49. The fourth-order valence-corrected chi connectivity index (χ4v) is 3.05. The van der Waals surface area contributed by atoms with Gasteiger partial charge in [-0.05, 0) is 37.3 Å². The number of H-pyrrole nitrogens is 1. The normalized spacial score (nSPS) is 17.6. The number of benzene rings is 1. The first-order valence-corrected chi connectivity index (χ1v) is 9.66. The smallest absolute Gasteiger partial charge is 0.215 e. The Balaban J connectivity index is 1.58. The molecule has 0 radical (unpaired) electrons. The van der Waals surface area contributed by atoms with E-state index in [-0.39, 0.29) is 6.04 Å². The van der Waals surface area contributed by atoms with Crippen molar-refractivity contribution in [2.24, 2.45) is 9.98 Å². The van der Waals surface area contributed by atoms with Crippen molar-refractivity contribution in [1.29, 1.82) is 5.26 Å². The zero-order chi connectivity index (χ0) is 21.6. The number of aliphatic imine (C=N–C) groups is 2. The van der Waals surface area contributed by atoms with Gasteiger partial charge in [0.15, 0.2) is 6.17 Å². The SMILES string of the molecule is COc1ccc(OC2=NC(c3cncc(C#N)c3)N=CC2NCc2nc[nH]c2C)cc1. The highest BCUT2D eigenvalue weighted by Gasteiger charge is 2.24. The molecule has 1 aliphatic rings.